The van der Waals surface area contributed by atoms with Crippen molar-refractivity contribution in [1.82, 2.24) is 20.6 Å². The molecule has 0 saturated carbocycles. The van der Waals surface area contributed by atoms with Gasteiger partial charge in [-0.15, -0.1) is 0 Å². The molecule has 2 fully saturated rings. The number of hydrogen-bond donors (Lipinski definition) is 3. The Balaban J connectivity index is 1.12. The smallest absolute Gasteiger partial charge is 0.323 e. The van der Waals surface area contributed by atoms with Gasteiger partial charge in [0.05, 0.1) is 18.7 Å². The fourth-order valence-corrected chi connectivity index (χ4v) is 4.98. The topological polar surface area (TPSA) is 106 Å². The third-order valence-corrected chi connectivity index (χ3v) is 6.85. The fraction of sp³-hybridized carbons (Fsp3) is 0.423. The number of fused-ring (bicyclic) bond motifs is 1. The standard InChI is InChI=1S/C26H31N5O4/c32-24-16-30(11-12-31(24)17-25(33)34)15-21-13-23(29-35-21)20-7-5-18(6-8-20)14-28-26-22-4-2-1-3-19(22)9-10-27-26/h1-8,14,21,23,26-27,29H,9-13,15-17H2,(H,33,34). The van der Waals surface area contributed by atoms with Crippen LogP contribution in [0.4, 0.5) is 0 Å². The van der Waals surface area contributed by atoms with Gasteiger partial charge in [0.1, 0.15) is 12.7 Å². The number of aliphatic carboxylic acids is 1. The number of rotatable bonds is 7. The fourth-order valence-electron chi connectivity index (χ4n) is 4.98. The summed E-state index contributed by atoms with van der Waals surface area (Å²) in [5.41, 5.74) is 7.93. The van der Waals surface area contributed by atoms with Gasteiger partial charge >= 0.3 is 5.97 Å². The van der Waals surface area contributed by atoms with Gasteiger partial charge in [0.15, 0.2) is 0 Å². The van der Waals surface area contributed by atoms with Crippen molar-refractivity contribution < 1.29 is 19.5 Å². The second kappa shape index (κ2) is 10.7. The maximum Gasteiger partial charge on any atom is 0.323 e. The number of benzene rings is 2. The highest BCUT2D eigenvalue weighted by Gasteiger charge is 2.31. The first-order valence-corrected chi connectivity index (χ1v) is 12.1. The Morgan fingerprint density at radius 1 is 1.17 bits per heavy atom. The molecule has 0 spiro atoms. The minimum Gasteiger partial charge on any atom is -0.480 e. The van der Waals surface area contributed by atoms with Crippen LogP contribution in [-0.4, -0.2) is 78.4 Å². The van der Waals surface area contributed by atoms with Crippen molar-refractivity contribution in [3.63, 3.8) is 0 Å². The Morgan fingerprint density at radius 2 is 2.00 bits per heavy atom. The number of amides is 1. The van der Waals surface area contributed by atoms with Crippen LogP contribution < -0.4 is 10.8 Å². The van der Waals surface area contributed by atoms with Gasteiger partial charge in [0.2, 0.25) is 5.91 Å². The molecule has 0 aromatic heterocycles. The summed E-state index contributed by atoms with van der Waals surface area (Å²) in [4.78, 5) is 37.1. The molecule has 9 nitrogen and oxygen atoms in total. The summed E-state index contributed by atoms with van der Waals surface area (Å²) < 4.78 is 0. The Hall–Kier alpha value is -3.11. The summed E-state index contributed by atoms with van der Waals surface area (Å²) in [5.74, 6) is -1.13. The number of nitrogens with zero attached hydrogens (tertiary/aromatic N) is 3. The summed E-state index contributed by atoms with van der Waals surface area (Å²) in [5, 5.41) is 12.4. The van der Waals surface area contributed by atoms with Gasteiger partial charge in [-0.2, -0.15) is 5.48 Å². The molecule has 2 saturated heterocycles. The van der Waals surface area contributed by atoms with Crippen molar-refractivity contribution in [2.75, 3.05) is 39.3 Å². The van der Waals surface area contributed by atoms with Crippen molar-refractivity contribution >= 4 is 18.1 Å². The van der Waals surface area contributed by atoms with E-state index in [0.29, 0.717) is 19.6 Å². The monoisotopic (exact) mass is 477 g/mol. The molecule has 1 amide bonds. The van der Waals surface area contributed by atoms with Gasteiger partial charge in [-0.1, -0.05) is 48.5 Å². The molecule has 9 heteroatoms. The Kier molecular flexibility index (Phi) is 7.19. The zero-order chi connectivity index (χ0) is 24.2. The molecule has 5 rings (SSSR count). The number of piperazine rings is 1. The van der Waals surface area contributed by atoms with Gasteiger partial charge < -0.3 is 10.0 Å². The number of nitrogens with one attached hydrogen (secondary N) is 2. The van der Waals surface area contributed by atoms with Gasteiger partial charge in [-0.3, -0.25) is 29.6 Å². The van der Waals surface area contributed by atoms with Crippen LogP contribution in [0.2, 0.25) is 0 Å². The molecule has 3 unspecified atom stereocenters. The lowest BCUT2D eigenvalue weighted by atomic mass is 9.99. The Labute approximate surface area is 204 Å². The first-order chi connectivity index (χ1) is 17.0. The van der Waals surface area contributed by atoms with Crippen LogP contribution in [0.15, 0.2) is 53.5 Å². The summed E-state index contributed by atoms with van der Waals surface area (Å²) in [6, 6.07) is 16.9. The summed E-state index contributed by atoms with van der Waals surface area (Å²) in [6.07, 6.45) is 3.72. The maximum atomic E-state index is 12.2. The van der Waals surface area contributed by atoms with Crippen LogP contribution in [0.5, 0.6) is 0 Å². The molecule has 2 aromatic carbocycles. The second-order valence-corrected chi connectivity index (χ2v) is 9.34. The molecule has 3 heterocycles. The van der Waals surface area contributed by atoms with Crippen LogP contribution in [0.1, 0.15) is 40.9 Å². The van der Waals surface area contributed by atoms with Crippen molar-refractivity contribution in [3.05, 3.63) is 70.8 Å². The average Bonchev–Trinajstić information content (AvgIpc) is 3.33. The van der Waals surface area contributed by atoms with Gasteiger partial charge in [0, 0.05) is 32.4 Å². The predicted molar refractivity (Wildman–Crippen MR) is 131 cm³/mol. The van der Waals surface area contributed by atoms with Crippen molar-refractivity contribution in [2.45, 2.75) is 31.2 Å². The number of carbonyl (C=O) groups excluding carboxylic acids is 1. The second-order valence-electron chi connectivity index (χ2n) is 9.34. The normalized spacial score (nSPS) is 25.2. The minimum absolute atomic E-state index is 0.0110. The molecule has 184 valence electrons. The van der Waals surface area contributed by atoms with E-state index in [1.54, 1.807) is 0 Å². The van der Waals surface area contributed by atoms with E-state index in [2.05, 4.69) is 59.3 Å². The molecule has 0 radical (unpaired) electrons. The lowest BCUT2D eigenvalue weighted by Gasteiger charge is -2.34. The first-order valence-electron chi connectivity index (χ1n) is 12.1. The molecule has 0 aliphatic carbocycles. The number of hydrogen-bond acceptors (Lipinski definition) is 7. The van der Waals surface area contributed by atoms with Crippen LogP contribution in [0.25, 0.3) is 0 Å². The van der Waals surface area contributed by atoms with Crippen LogP contribution in [0.3, 0.4) is 0 Å². The largest absolute Gasteiger partial charge is 0.480 e. The van der Waals surface area contributed by atoms with Gasteiger partial charge in [0.25, 0.3) is 0 Å². The van der Waals surface area contributed by atoms with E-state index < -0.39 is 5.97 Å². The Morgan fingerprint density at radius 3 is 2.80 bits per heavy atom. The van der Waals surface area contributed by atoms with Gasteiger partial charge in [-0.05, 0) is 35.1 Å². The summed E-state index contributed by atoms with van der Waals surface area (Å²) in [7, 11) is 0. The quantitative estimate of drug-likeness (QED) is 0.519. The third-order valence-electron chi connectivity index (χ3n) is 6.85. The Bertz CT molecular complexity index is 1090. The summed E-state index contributed by atoms with van der Waals surface area (Å²) in [6.45, 7) is 2.64. The van der Waals surface area contributed by atoms with E-state index in [-0.39, 0.29) is 37.3 Å². The zero-order valence-corrected chi connectivity index (χ0v) is 19.6. The highest BCUT2D eigenvalue weighted by molar-refractivity contribution is 5.83. The van der Waals surface area contributed by atoms with Crippen molar-refractivity contribution in [3.8, 4) is 0 Å². The maximum absolute atomic E-state index is 12.2. The molecule has 3 aliphatic rings. The van der Waals surface area contributed by atoms with Crippen molar-refractivity contribution in [1.29, 1.82) is 0 Å². The summed E-state index contributed by atoms with van der Waals surface area (Å²) >= 11 is 0. The molecule has 35 heavy (non-hydrogen) atoms. The predicted octanol–water partition coefficient (Wildman–Crippen LogP) is 1.51. The molecule has 3 N–H and O–H groups in total. The number of hydroxylamine groups is 1. The number of aliphatic imine (C=N–C) groups is 1. The van der Waals surface area contributed by atoms with E-state index in [1.807, 2.05) is 11.1 Å². The number of carboxylic acids is 1. The zero-order valence-electron chi connectivity index (χ0n) is 19.6. The lowest BCUT2D eigenvalue weighted by molar-refractivity contribution is -0.147. The minimum atomic E-state index is -0.980. The molecule has 3 atom stereocenters. The molecule has 0 bridgehead atoms. The third kappa shape index (κ3) is 5.76. The van der Waals surface area contributed by atoms with E-state index >= 15 is 0 Å². The molecule has 3 aliphatic heterocycles. The first kappa shape index (κ1) is 23.6. The highest BCUT2D eigenvalue weighted by atomic mass is 16.7. The van der Waals surface area contributed by atoms with Gasteiger partial charge in [-0.25, -0.2) is 0 Å². The number of carboxylic acid groups (broad SMARTS) is 1. The van der Waals surface area contributed by atoms with E-state index in [4.69, 9.17) is 14.9 Å². The van der Waals surface area contributed by atoms with Crippen LogP contribution in [-0.2, 0) is 20.8 Å². The van der Waals surface area contributed by atoms with Crippen LogP contribution in [0, 0.1) is 0 Å². The highest BCUT2D eigenvalue weighted by Crippen LogP contribution is 2.27. The van der Waals surface area contributed by atoms with Crippen molar-refractivity contribution in [2.24, 2.45) is 4.99 Å². The molecule has 2 aromatic rings. The van der Waals surface area contributed by atoms with E-state index in [1.165, 1.54) is 16.0 Å². The van der Waals surface area contributed by atoms with E-state index in [9.17, 15) is 9.59 Å². The van der Waals surface area contributed by atoms with E-state index in [0.717, 1.165) is 30.5 Å². The molecular formula is C26H31N5O4. The SMILES string of the molecule is O=C(O)CN1CCN(CC2CC(c3ccc(C=NC4NCCc5ccccc54)cc3)NO2)CC1=O. The molecular weight excluding hydrogens is 446 g/mol. The lowest BCUT2D eigenvalue weighted by Crippen LogP contribution is -2.53. The average molecular weight is 478 g/mol. The number of carbonyl (C=O) groups is 2. The van der Waals surface area contributed by atoms with Crippen LogP contribution >= 0.6 is 0 Å².